The van der Waals surface area contributed by atoms with Gasteiger partial charge in [0.1, 0.15) is 11.9 Å². The first-order valence-corrected chi connectivity index (χ1v) is 28.4. The van der Waals surface area contributed by atoms with Crippen LogP contribution in [0.15, 0.2) is 72.8 Å². The van der Waals surface area contributed by atoms with Crippen molar-refractivity contribution < 1.29 is 47.7 Å². The number of anilines is 2. The van der Waals surface area contributed by atoms with E-state index in [1.54, 1.807) is 41.1 Å². The standard InChI is InChI=1S/C57H72FN13O9S/c1-36-52(81-35-62-36)39-9-7-37(8-10-39)45(67-55(76)47-26-42(72)32-70(47)51(75)28-57(2,3)4)27-49(73)59-13-19-78-21-23-80-24-22-79-20-14-60-50(74)34-68-15-17-69(18-16-68)56(77)40-11-12-44(43(58)25-40)65-53-54-61-31-48(41-29-63-64-30-41)71(54)33-46(66-53)38-5-6-38/h7-12,25,29-31,33,35,38,42,45,47,72H,5-6,13-24,26-28,32,34H2,1-4H3,(H,59,73)(H,60,74)(H,63,64)(H,65,66)(H,67,76)/t42-,45+,47+/m1/s1. The molecule has 24 heteroatoms. The third kappa shape index (κ3) is 15.8. The Hall–Kier alpha value is -7.22. The number of hydrogen-bond acceptors (Lipinski definition) is 16. The molecule has 1 aliphatic carbocycles. The van der Waals surface area contributed by atoms with Crippen LogP contribution < -0.4 is 21.3 Å². The quantitative estimate of drug-likeness (QED) is 0.0391. The molecule has 22 nitrogen and oxygen atoms in total. The summed E-state index contributed by atoms with van der Waals surface area (Å²) in [6, 6.07) is 10.4. The summed E-state index contributed by atoms with van der Waals surface area (Å²) in [7, 11) is 0. The number of hydrogen-bond donors (Lipinski definition) is 6. The van der Waals surface area contributed by atoms with Crippen molar-refractivity contribution in [2.45, 2.75) is 83.9 Å². The van der Waals surface area contributed by atoms with Gasteiger partial charge in [-0.05, 0) is 54.5 Å². The maximum atomic E-state index is 15.6. The number of carbonyl (C=O) groups excluding carboxylic acids is 5. The number of fused-ring (bicyclic) bond motifs is 1. The van der Waals surface area contributed by atoms with E-state index in [0.29, 0.717) is 88.7 Å². The van der Waals surface area contributed by atoms with E-state index in [-0.39, 0.29) is 85.8 Å². The molecule has 3 aliphatic rings. The molecule has 0 spiro atoms. The van der Waals surface area contributed by atoms with E-state index in [0.717, 1.165) is 45.9 Å². The monoisotopic (exact) mass is 1130 g/mol. The third-order valence-corrected chi connectivity index (χ3v) is 15.3. The maximum Gasteiger partial charge on any atom is 0.254 e. The number of aromatic nitrogens is 6. The van der Waals surface area contributed by atoms with Crippen LogP contribution in [0.1, 0.15) is 92.1 Å². The van der Waals surface area contributed by atoms with Gasteiger partial charge in [-0.1, -0.05) is 45.0 Å². The average Bonchev–Trinajstić information content (AvgIpc) is 3.77. The van der Waals surface area contributed by atoms with Gasteiger partial charge in [-0.15, -0.1) is 11.3 Å². The molecular formula is C57H72FN13O9S. The van der Waals surface area contributed by atoms with Gasteiger partial charge in [-0.25, -0.2) is 19.3 Å². The number of aryl methyl sites for hydroxylation is 1. The van der Waals surface area contributed by atoms with E-state index >= 15 is 4.39 Å². The average molecular weight is 1130 g/mol. The number of rotatable bonds is 26. The van der Waals surface area contributed by atoms with Crippen molar-refractivity contribution in [2.24, 2.45) is 5.41 Å². The Morgan fingerprint density at radius 2 is 1.58 bits per heavy atom. The number of aliphatic hydroxyl groups excluding tert-OH is 1. The molecule has 1 saturated carbocycles. The number of β-amino-alcohol motifs (C(OH)–C–C–N with tert-alkyl or cyclic N) is 1. The Morgan fingerprint density at radius 3 is 2.22 bits per heavy atom. The predicted molar refractivity (Wildman–Crippen MR) is 301 cm³/mol. The van der Waals surface area contributed by atoms with Crippen LogP contribution in [0, 0.1) is 18.2 Å². The first kappa shape index (κ1) is 58.4. The van der Waals surface area contributed by atoms with Crippen molar-refractivity contribution in [1.29, 1.82) is 0 Å². The summed E-state index contributed by atoms with van der Waals surface area (Å²) in [5.74, 6) is -1.22. The lowest BCUT2D eigenvalue weighted by atomic mass is 9.91. The summed E-state index contributed by atoms with van der Waals surface area (Å²) >= 11 is 1.53. The highest BCUT2D eigenvalue weighted by Crippen LogP contribution is 2.41. The van der Waals surface area contributed by atoms with Gasteiger partial charge in [0.25, 0.3) is 5.91 Å². The Morgan fingerprint density at radius 1 is 0.877 bits per heavy atom. The molecule has 5 amide bonds. The van der Waals surface area contributed by atoms with Crippen molar-refractivity contribution >= 4 is 58.0 Å². The van der Waals surface area contributed by atoms with Gasteiger partial charge in [0.15, 0.2) is 11.5 Å². The molecule has 0 radical (unpaired) electrons. The van der Waals surface area contributed by atoms with Crippen molar-refractivity contribution in [3.05, 3.63) is 101 Å². The van der Waals surface area contributed by atoms with E-state index in [4.69, 9.17) is 19.2 Å². The summed E-state index contributed by atoms with van der Waals surface area (Å²) in [6.07, 6.45) is 8.73. The van der Waals surface area contributed by atoms with Gasteiger partial charge in [-0.3, -0.25) is 38.4 Å². The van der Waals surface area contributed by atoms with E-state index in [9.17, 15) is 29.1 Å². The third-order valence-electron chi connectivity index (χ3n) is 14.3. The Kier molecular flexibility index (Phi) is 19.5. The molecule has 3 atom stereocenters. The smallest absolute Gasteiger partial charge is 0.254 e. The topological polar surface area (TPSA) is 263 Å². The minimum Gasteiger partial charge on any atom is -0.391 e. The van der Waals surface area contributed by atoms with Crippen LogP contribution in [0.3, 0.4) is 0 Å². The second kappa shape index (κ2) is 27.0. The summed E-state index contributed by atoms with van der Waals surface area (Å²) in [4.78, 5) is 86.3. The van der Waals surface area contributed by atoms with Gasteiger partial charge < -0.3 is 50.4 Å². The molecule has 2 saturated heterocycles. The number of thiazole rings is 1. The van der Waals surface area contributed by atoms with Crippen molar-refractivity contribution in [3.8, 4) is 21.7 Å². The zero-order chi connectivity index (χ0) is 57.0. The molecule has 2 aliphatic heterocycles. The lowest BCUT2D eigenvalue weighted by Gasteiger charge is -2.34. The number of benzene rings is 2. The van der Waals surface area contributed by atoms with Crippen molar-refractivity contribution in [2.75, 3.05) is 97.3 Å². The van der Waals surface area contributed by atoms with Gasteiger partial charge in [0, 0.05) is 88.1 Å². The van der Waals surface area contributed by atoms with E-state index in [2.05, 4.69) is 41.4 Å². The first-order chi connectivity index (χ1) is 39.1. The Bertz CT molecular complexity index is 3120. The highest BCUT2D eigenvalue weighted by Gasteiger charge is 2.40. The van der Waals surface area contributed by atoms with Crippen LogP contribution in [-0.4, -0.2) is 183 Å². The second-order valence-electron chi connectivity index (χ2n) is 21.9. The minimum atomic E-state index is -0.861. The molecule has 6 heterocycles. The van der Waals surface area contributed by atoms with Gasteiger partial charge in [0.05, 0.1) is 110 Å². The molecule has 3 fully saturated rings. The van der Waals surface area contributed by atoms with Crippen LogP contribution in [-0.2, 0) is 33.4 Å². The number of nitrogens with zero attached hydrogens (tertiary/aromatic N) is 8. The van der Waals surface area contributed by atoms with Crippen LogP contribution in [0.4, 0.5) is 15.9 Å². The number of H-pyrrole nitrogens is 1. The summed E-state index contributed by atoms with van der Waals surface area (Å²) < 4.78 is 34.5. The fourth-order valence-electron chi connectivity index (χ4n) is 9.88. The van der Waals surface area contributed by atoms with Crippen LogP contribution in [0.2, 0.25) is 0 Å². The van der Waals surface area contributed by atoms with E-state index < -0.39 is 29.9 Å². The summed E-state index contributed by atoms with van der Waals surface area (Å²) in [6.45, 7) is 12.1. The number of likely N-dealkylation sites (tertiary alicyclic amines) is 1. The van der Waals surface area contributed by atoms with Crippen molar-refractivity contribution in [3.63, 3.8) is 0 Å². The fraction of sp³-hybridized carbons (Fsp3) is 0.491. The zero-order valence-corrected chi connectivity index (χ0v) is 47.1. The number of ether oxygens (including phenoxy) is 3. The number of carbonyl (C=O) groups is 5. The zero-order valence-electron chi connectivity index (χ0n) is 46.2. The number of halogens is 1. The minimum absolute atomic E-state index is 0.0618. The molecule has 432 valence electrons. The normalized spacial score (nSPS) is 17.1. The molecule has 6 aromatic rings. The van der Waals surface area contributed by atoms with Gasteiger partial charge in [-0.2, -0.15) is 5.10 Å². The molecule has 6 N–H and O–H groups in total. The predicted octanol–water partition coefficient (Wildman–Crippen LogP) is 5.00. The highest BCUT2D eigenvalue weighted by atomic mass is 32.1. The first-order valence-electron chi connectivity index (χ1n) is 27.6. The molecule has 2 aromatic carbocycles. The number of aliphatic hydroxyl groups is 1. The lowest BCUT2D eigenvalue weighted by Crippen LogP contribution is -2.51. The van der Waals surface area contributed by atoms with Gasteiger partial charge in [0.2, 0.25) is 23.6 Å². The Balaban J connectivity index is 0.621. The SMILES string of the molecule is Cc1ncsc1-c1ccc([C@H](CC(=O)NCCOCCOCCOCCNC(=O)CN2CCN(C(=O)c3ccc(Nc4nc(C5CC5)cn5c(-c6cn[nH]c6)cnc45)c(F)c3)CC2)NC(=O)[C@@H]2C[C@@H](O)CN2C(=O)CC(C)(C)C)cc1. The highest BCUT2D eigenvalue weighted by molar-refractivity contribution is 7.13. The summed E-state index contributed by atoms with van der Waals surface area (Å²) in [5, 5.41) is 29.3. The summed E-state index contributed by atoms with van der Waals surface area (Å²) in [5.41, 5.74) is 7.61. The Labute approximate surface area is 473 Å². The largest absolute Gasteiger partial charge is 0.391 e. The van der Waals surface area contributed by atoms with Gasteiger partial charge >= 0.3 is 0 Å². The number of nitrogens with one attached hydrogen (secondary N) is 5. The van der Waals surface area contributed by atoms with E-state index in [1.807, 2.05) is 67.5 Å². The number of aromatic amines is 1. The molecule has 81 heavy (non-hydrogen) atoms. The second-order valence-corrected chi connectivity index (χ2v) is 22.7. The van der Waals surface area contributed by atoms with Crippen LogP contribution >= 0.6 is 11.3 Å². The fourth-order valence-corrected chi connectivity index (χ4v) is 10.7. The van der Waals surface area contributed by atoms with E-state index in [1.165, 1.54) is 22.3 Å². The molecule has 0 bridgehead atoms. The maximum absolute atomic E-state index is 15.6. The molecule has 4 aromatic heterocycles. The van der Waals surface area contributed by atoms with Crippen molar-refractivity contribution in [1.82, 2.24) is 60.2 Å². The van der Waals surface area contributed by atoms with Crippen LogP contribution in [0.5, 0.6) is 0 Å². The molecule has 0 unspecified atom stereocenters. The lowest BCUT2D eigenvalue weighted by molar-refractivity contribution is -0.140. The molecular weight excluding hydrogens is 1060 g/mol. The van der Waals surface area contributed by atoms with Crippen LogP contribution in [0.25, 0.3) is 27.3 Å². The number of imidazole rings is 1. The molecule has 9 rings (SSSR count). The number of piperazine rings is 1. The number of amides is 5.